The summed E-state index contributed by atoms with van der Waals surface area (Å²) in [5.41, 5.74) is 0.999. The maximum absolute atomic E-state index is 13.1. The summed E-state index contributed by atoms with van der Waals surface area (Å²) in [5, 5.41) is 0. The van der Waals surface area contributed by atoms with E-state index in [1.54, 1.807) is 18.3 Å². The van der Waals surface area contributed by atoms with Crippen LogP contribution in [-0.2, 0) is 17.9 Å². The SMILES string of the molecule is CC(C)CC(=O)N(CCN(C)C)Cc1nccn1Cc1ccc(F)cc1. The van der Waals surface area contributed by atoms with E-state index < -0.39 is 0 Å². The minimum absolute atomic E-state index is 0.151. The van der Waals surface area contributed by atoms with E-state index in [0.717, 1.165) is 17.9 Å². The number of imidazole rings is 1. The van der Waals surface area contributed by atoms with Gasteiger partial charge in [-0.2, -0.15) is 0 Å². The third-order valence-electron chi connectivity index (χ3n) is 4.15. The molecule has 5 nitrogen and oxygen atoms in total. The van der Waals surface area contributed by atoms with Crippen molar-refractivity contribution < 1.29 is 9.18 Å². The number of carbonyl (C=O) groups excluding carboxylic acids is 1. The molecule has 6 heteroatoms. The Balaban J connectivity index is 2.10. The summed E-state index contributed by atoms with van der Waals surface area (Å²) in [7, 11) is 4.00. The highest BCUT2D eigenvalue weighted by atomic mass is 19.1. The third-order valence-corrected chi connectivity index (χ3v) is 4.15. The number of rotatable bonds is 9. The first-order chi connectivity index (χ1) is 12.3. The fourth-order valence-electron chi connectivity index (χ4n) is 2.68. The summed E-state index contributed by atoms with van der Waals surface area (Å²) in [5.74, 6) is 1.07. The van der Waals surface area contributed by atoms with Gasteiger partial charge in [0.05, 0.1) is 6.54 Å². The van der Waals surface area contributed by atoms with Gasteiger partial charge in [0.25, 0.3) is 0 Å². The monoisotopic (exact) mass is 360 g/mol. The highest BCUT2D eigenvalue weighted by Gasteiger charge is 2.18. The fraction of sp³-hybridized carbons (Fsp3) is 0.500. The number of hydrogen-bond donors (Lipinski definition) is 0. The van der Waals surface area contributed by atoms with Gasteiger partial charge in [-0.3, -0.25) is 4.79 Å². The molecule has 0 bridgehead atoms. The van der Waals surface area contributed by atoms with E-state index in [1.807, 2.05) is 29.8 Å². The van der Waals surface area contributed by atoms with Crippen LogP contribution >= 0.6 is 0 Å². The molecule has 0 aliphatic rings. The molecule has 1 aromatic carbocycles. The van der Waals surface area contributed by atoms with Crippen LogP contribution in [0.5, 0.6) is 0 Å². The standard InChI is InChI=1S/C20H29FN4O/c1-16(2)13-20(26)25(12-11-23(3)4)15-19-22-9-10-24(19)14-17-5-7-18(21)8-6-17/h5-10,16H,11-15H2,1-4H3. The molecule has 2 rings (SSSR count). The maximum Gasteiger partial charge on any atom is 0.223 e. The van der Waals surface area contributed by atoms with Crippen molar-refractivity contribution in [2.75, 3.05) is 27.2 Å². The summed E-state index contributed by atoms with van der Waals surface area (Å²) >= 11 is 0. The molecule has 142 valence electrons. The van der Waals surface area contributed by atoms with E-state index in [1.165, 1.54) is 12.1 Å². The van der Waals surface area contributed by atoms with Gasteiger partial charge in [-0.15, -0.1) is 0 Å². The molecule has 1 aromatic heterocycles. The van der Waals surface area contributed by atoms with Gasteiger partial charge in [-0.1, -0.05) is 26.0 Å². The van der Waals surface area contributed by atoms with Crippen LogP contribution in [0.3, 0.4) is 0 Å². The van der Waals surface area contributed by atoms with E-state index in [0.29, 0.717) is 32.0 Å². The quantitative estimate of drug-likeness (QED) is 0.690. The molecule has 0 radical (unpaired) electrons. The number of carbonyl (C=O) groups is 1. The highest BCUT2D eigenvalue weighted by Crippen LogP contribution is 2.12. The van der Waals surface area contributed by atoms with Gasteiger partial charge in [0, 0.05) is 38.4 Å². The summed E-state index contributed by atoms with van der Waals surface area (Å²) in [6.07, 6.45) is 4.18. The van der Waals surface area contributed by atoms with Crippen LogP contribution in [0.15, 0.2) is 36.7 Å². The third kappa shape index (κ3) is 6.26. The van der Waals surface area contributed by atoms with Crippen molar-refractivity contribution in [3.63, 3.8) is 0 Å². The van der Waals surface area contributed by atoms with Crippen LogP contribution in [0.25, 0.3) is 0 Å². The molecule has 0 saturated carbocycles. The van der Waals surface area contributed by atoms with Crippen LogP contribution < -0.4 is 0 Å². The zero-order chi connectivity index (χ0) is 19.1. The molecule has 2 aromatic rings. The lowest BCUT2D eigenvalue weighted by Crippen LogP contribution is -2.37. The number of aromatic nitrogens is 2. The van der Waals surface area contributed by atoms with Gasteiger partial charge >= 0.3 is 0 Å². The predicted molar refractivity (Wildman–Crippen MR) is 101 cm³/mol. The van der Waals surface area contributed by atoms with Crippen molar-refractivity contribution >= 4 is 5.91 Å². The zero-order valence-corrected chi connectivity index (χ0v) is 16.2. The summed E-state index contributed by atoms with van der Waals surface area (Å²) in [6.45, 7) is 6.67. The first kappa shape index (κ1) is 20.1. The highest BCUT2D eigenvalue weighted by molar-refractivity contribution is 5.76. The molecular weight excluding hydrogens is 331 g/mol. The van der Waals surface area contributed by atoms with Crippen LogP contribution in [-0.4, -0.2) is 52.4 Å². The number of amides is 1. The molecule has 0 atom stereocenters. The first-order valence-corrected chi connectivity index (χ1v) is 9.02. The molecule has 26 heavy (non-hydrogen) atoms. The zero-order valence-electron chi connectivity index (χ0n) is 16.2. The molecule has 1 amide bonds. The smallest absolute Gasteiger partial charge is 0.223 e. The average molecular weight is 360 g/mol. The van der Waals surface area contributed by atoms with Crippen LogP contribution in [0.2, 0.25) is 0 Å². The lowest BCUT2D eigenvalue weighted by atomic mass is 10.1. The summed E-state index contributed by atoms with van der Waals surface area (Å²) in [6, 6.07) is 6.46. The fourth-order valence-corrected chi connectivity index (χ4v) is 2.68. The van der Waals surface area contributed by atoms with Gasteiger partial charge in [-0.05, 0) is 37.7 Å². The van der Waals surface area contributed by atoms with E-state index in [2.05, 4.69) is 23.7 Å². The van der Waals surface area contributed by atoms with E-state index in [9.17, 15) is 9.18 Å². The van der Waals surface area contributed by atoms with Gasteiger partial charge in [0.15, 0.2) is 0 Å². The second-order valence-electron chi connectivity index (χ2n) is 7.31. The van der Waals surface area contributed by atoms with Crippen molar-refractivity contribution in [2.45, 2.75) is 33.4 Å². The molecular formula is C20H29FN4O. The molecule has 0 unspecified atom stereocenters. The van der Waals surface area contributed by atoms with Crippen molar-refractivity contribution in [3.05, 3.63) is 53.9 Å². The van der Waals surface area contributed by atoms with Crippen LogP contribution in [0, 0.1) is 11.7 Å². The van der Waals surface area contributed by atoms with Crippen LogP contribution in [0.4, 0.5) is 4.39 Å². The van der Waals surface area contributed by atoms with E-state index >= 15 is 0 Å². The summed E-state index contributed by atoms with van der Waals surface area (Å²) in [4.78, 5) is 21.0. The van der Waals surface area contributed by atoms with Crippen molar-refractivity contribution in [1.82, 2.24) is 19.4 Å². The van der Waals surface area contributed by atoms with Gasteiger partial charge in [0.1, 0.15) is 11.6 Å². The molecule has 0 fully saturated rings. The Kier molecular flexibility index (Phi) is 7.33. The Bertz CT molecular complexity index is 694. The first-order valence-electron chi connectivity index (χ1n) is 9.02. The lowest BCUT2D eigenvalue weighted by Gasteiger charge is -2.25. The van der Waals surface area contributed by atoms with Crippen molar-refractivity contribution in [1.29, 1.82) is 0 Å². The summed E-state index contributed by atoms with van der Waals surface area (Å²) < 4.78 is 15.1. The van der Waals surface area contributed by atoms with Gasteiger partial charge < -0.3 is 14.4 Å². The minimum Gasteiger partial charge on any atom is -0.334 e. The Labute approximate surface area is 155 Å². The van der Waals surface area contributed by atoms with Gasteiger partial charge in [-0.25, -0.2) is 9.37 Å². The number of hydrogen-bond acceptors (Lipinski definition) is 3. The second-order valence-corrected chi connectivity index (χ2v) is 7.31. The predicted octanol–water partition coefficient (Wildman–Crippen LogP) is 3.01. The van der Waals surface area contributed by atoms with Gasteiger partial charge in [0.2, 0.25) is 5.91 Å². The van der Waals surface area contributed by atoms with Crippen molar-refractivity contribution in [2.24, 2.45) is 5.92 Å². The number of likely N-dealkylation sites (N-methyl/N-ethyl adjacent to an activating group) is 1. The number of nitrogens with zero attached hydrogens (tertiary/aromatic N) is 4. The topological polar surface area (TPSA) is 41.4 Å². The second kappa shape index (κ2) is 9.48. The van der Waals surface area contributed by atoms with E-state index in [-0.39, 0.29) is 11.7 Å². The molecule has 0 N–H and O–H groups in total. The Hall–Kier alpha value is -2.21. The average Bonchev–Trinajstić information content (AvgIpc) is 2.99. The normalized spacial score (nSPS) is 11.3. The maximum atomic E-state index is 13.1. The largest absolute Gasteiger partial charge is 0.334 e. The number of halogens is 1. The van der Waals surface area contributed by atoms with E-state index in [4.69, 9.17) is 0 Å². The van der Waals surface area contributed by atoms with Crippen LogP contribution in [0.1, 0.15) is 31.7 Å². The number of benzene rings is 1. The molecule has 0 saturated heterocycles. The Morgan fingerprint density at radius 1 is 1.19 bits per heavy atom. The lowest BCUT2D eigenvalue weighted by molar-refractivity contribution is -0.132. The Morgan fingerprint density at radius 3 is 2.50 bits per heavy atom. The minimum atomic E-state index is -0.242. The molecule has 0 aliphatic carbocycles. The van der Waals surface area contributed by atoms with Crippen molar-refractivity contribution in [3.8, 4) is 0 Å². The Morgan fingerprint density at radius 2 is 1.88 bits per heavy atom. The molecule has 0 spiro atoms. The molecule has 0 aliphatic heterocycles. The molecule has 1 heterocycles.